The lowest BCUT2D eigenvalue weighted by atomic mass is 10.1. The van der Waals surface area contributed by atoms with Crippen molar-refractivity contribution >= 4 is 39.3 Å². The number of hydrogen-bond donors (Lipinski definition) is 1. The summed E-state index contributed by atoms with van der Waals surface area (Å²) in [4.78, 5) is 5.36. The van der Waals surface area contributed by atoms with Gasteiger partial charge in [-0.2, -0.15) is 0 Å². The molecule has 0 aliphatic heterocycles. The predicted octanol–water partition coefficient (Wildman–Crippen LogP) is 4.15. The molecule has 0 fully saturated rings. The standard InChI is InChI=1S/C13H12BrClN2S/c14-11-8-10(4-3-9(11)5-6-16)18-13-12(15)2-1-7-17-13/h1-4,7-8H,5-6,16H2. The monoisotopic (exact) mass is 342 g/mol. The summed E-state index contributed by atoms with van der Waals surface area (Å²) in [6.45, 7) is 0.650. The van der Waals surface area contributed by atoms with E-state index in [1.54, 1.807) is 18.0 Å². The molecule has 0 saturated heterocycles. The molecule has 1 aromatic heterocycles. The Bertz CT molecular complexity index is 548. The highest BCUT2D eigenvalue weighted by Crippen LogP contribution is 2.33. The maximum absolute atomic E-state index is 6.08. The first-order valence-electron chi connectivity index (χ1n) is 5.47. The van der Waals surface area contributed by atoms with Crippen LogP contribution in [0.4, 0.5) is 0 Å². The summed E-state index contributed by atoms with van der Waals surface area (Å²) in [5.74, 6) is 0. The van der Waals surface area contributed by atoms with E-state index in [0.717, 1.165) is 20.8 Å². The average molecular weight is 344 g/mol. The normalized spacial score (nSPS) is 10.6. The van der Waals surface area contributed by atoms with Crippen LogP contribution in [0.3, 0.4) is 0 Å². The molecule has 5 heteroatoms. The van der Waals surface area contributed by atoms with E-state index in [2.05, 4.69) is 39.1 Å². The van der Waals surface area contributed by atoms with Gasteiger partial charge in [-0.25, -0.2) is 4.98 Å². The van der Waals surface area contributed by atoms with Crippen molar-refractivity contribution < 1.29 is 0 Å². The Balaban J connectivity index is 2.20. The fourth-order valence-corrected chi connectivity index (χ4v) is 3.29. The topological polar surface area (TPSA) is 38.9 Å². The predicted molar refractivity (Wildman–Crippen MR) is 80.3 cm³/mol. The molecule has 0 aliphatic carbocycles. The SMILES string of the molecule is NCCc1ccc(Sc2ncccc2Cl)cc1Br. The second-order valence-corrected chi connectivity index (χ2v) is 6.01. The van der Waals surface area contributed by atoms with Crippen LogP contribution in [0, 0.1) is 0 Å². The van der Waals surface area contributed by atoms with Gasteiger partial charge in [-0.3, -0.25) is 0 Å². The molecule has 0 atom stereocenters. The van der Waals surface area contributed by atoms with Crippen LogP contribution in [0.2, 0.25) is 5.02 Å². The van der Waals surface area contributed by atoms with Gasteiger partial charge in [-0.1, -0.05) is 45.4 Å². The number of halogens is 2. The minimum absolute atomic E-state index is 0.650. The minimum Gasteiger partial charge on any atom is -0.330 e. The van der Waals surface area contributed by atoms with Gasteiger partial charge in [0.1, 0.15) is 5.03 Å². The third-order valence-corrected chi connectivity index (χ3v) is 4.54. The molecule has 2 nitrogen and oxygen atoms in total. The van der Waals surface area contributed by atoms with E-state index in [9.17, 15) is 0 Å². The van der Waals surface area contributed by atoms with Crippen LogP contribution < -0.4 is 5.73 Å². The first kappa shape index (κ1) is 13.9. The van der Waals surface area contributed by atoms with Gasteiger partial charge in [-0.05, 0) is 42.8 Å². The molecule has 18 heavy (non-hydrogen) atoms. The molecule has 0 amide bonds. The van der Waals surface area contributed by atoms with E-state index in [4.69, 9.17) is 17.3 Å². The lowest BCUT2D eigenvalue weighted by molar-refractivity contribution is 0.960. The van der Waals surface area contributed by atoms with Crippen LogP contribution in [0.1, 0.15) is 5.56 Å². The quantitative estimate of drug-likeness (QED) is 0.906. The van der Waals surface area contributed by atoms with E-state index in [-0.39, 0.29) is 0 Å². The van der Waals surface area contributed by atoms with Gasteiger partial charge in [0, 0.05) is 15.6 Å². The Morgan fingerprint density at radius 2 is 2.17 bits per heavy atom. The zero-order valence-electron chi connectivity index (χ0n) is 9.57. The number of nitrogens with two attached hydrogens (primary N) is 1. The van der Waals surface area contributed by atoms with Crippen LogP contribution >= 0.6 is 39.3 Å². The number of nitrogens with zero attached hydrogens (tertiary/aromatic N) is 1. The van der Waals surface area contributed by atoms with E-state index >= 15 is 0 Å². The fraction of sp³-hybridized carbons (Fsp3) is 0.154. The van der Waals surface area contributed by atoms with Gasteiger partial charge in [-0.15, -0.1) is 0 Å². The van der Waals surface area contributed by atoms with Crippen LogP contribution in [-0.2, 0) is 6.42 Å². The van der Waals surface area contributed by atoms with Crippen molar-refractivity contribution in [2.45, 2.75) is 16.3 Å². The summed E-state index contributed by atoms with van der Waals surface area (Å²) in [6, 6.07) is 9.88. The van der Waals surface area contributed by atoms with Gasteiger partial charge >= 0.3 is 0 Å². The molecule has 0 unspecified atom stereocenters. The van der Waals surface area contributed by atoms with E-state index < -0.39 is 0 Å². The van der Waals surface area contributed by atoms with E-state index in [0.29, 0.717) is 11.6 Å². The highest BCUT2D eigenvalue weighted by atomic mass is 79.9. The molecule has 0 bridgehead atoms. The molecule has 94 valence electrons. The Labute approximate surface area is 124 Å². The van der Waals surface area contributed by atoms with Crippen molar-refractivity contribution in [1.29, 1.82) is 0 Å². The molecule has 0 saturated carbocycles. The number of pyridine rings is 1. The average Bonchev–Trinajstić information content (AvgIpc) is 2.36. The van der Waals surface area contributed by atoms with Crippen molar-refractivity contribution in [1.82, 2.24) is 4.98 Å². The molecule has 1 aromatic carbocycles. The Kier molecular flexibility index (Phi) is 5.06. The minimum atomic E-state index is 0.650. The molecular weight excluding hydrogens is 332 g/mol. The maximum atomic E-state index is 6.08. The Hall–Kier alpha value is -0.550. The Morgan fingerprint density at radius 3 is 2.83 bits per heavy atom. The summed E-state index contributed by atoms with van der Waals surface area (Å²) in [7, 11) is 0. The molecule has 2 N–H and O–H groups in total. The number of aromatic nitrogens is 1. The third kappa shape index (κ3) is 3.48. The summed E-state index contributed by atoms with van der Waals surface area (Å²) in [5, 5.41) is 1.49. The van der Waals surface area contributed by atoms with Crippen molar-refractivity contribution in [2.24, 2.45) is 5.73 Å². The number of benzene rings is 1. The molecule has 0 spiro atoms. The highest BCUT2D eigenvalue weighted by Gasteiger charge is 2.06. The third-order valence-electron chi connectivity index (χ3n) is 2.38. The first-order valence-corrected chi connectivity index (χ1v) is 7.46. The summed E-state index contributed by atoms with van der Waals surface area (Å²) < 4.78 is 1.07. The molecule has 2 rings (SSSR count). The van der Waals surface area contributed by atoms with Gasteiger partial charge in [0.2, 0.25) is 0 Å². The molecule has 2 aromatic rings. The fourth-order valence-electron chi connectivity index (χ4n) is 1.51. The molecular formula is C13H12BrClN2S. The summed E-state index contributed by atoms with van der Waals surface area (Å²) >= 11 is 11.2. The second-order valence-electron chi connectivity index (χ2n) is 3.68. The van der Waals surface area contributed by atoms with Gasteiger partial charge in [0.15, 0.2) is 0 Å². The summed E-state index contributed by atoms with van der Waals surface area (Å²) in [6.07, 6.45) is 2.61. The Morgan fingerprint density at radius 1 is 1.33 bits per heavy atom. The smallest absolute Gasteiger partial charge is 0.119 e. The molecule has 0 radical (unpaired) electrons. The zero-order valence-corrected chi connectivity index (χ0v) is 12.7. The number of rotatable bonds is 4. The molecule has 0 aliphatic rings. The lowest BCUT2D eigenvalue weighted by Crippen LogP contribution is -2.03. The zero-order chi connectivity index (χ0) is 13.0. The van der Waals surface area contributed by atoms with Gasteiger partial charge in [0.25, 0.3) is 0 Å². The van der Waals surface area contributed by atoms with Gasteiger partial charge < -0.3 is 5.73 Å². The van der Waals surface area contributed by atoms with Crippen LogP contribution in [0.5, 0.6) is 0 Å². The van der Waals surface area contributed by atoms with E-state index in [1.165, 1.54) is 5.56 Å². The van der Waals surface area contributed by atoms with Crippen molar-refractivity contribution in [3.05, 3.63) is 51.6 Å². The highest BCUT2D eigenvalue weighted by molar-refractivity contribution is 9.10. The largest absolute Gasteiger partial charge is 0.330 e. The maximum Gasteiger partial charge on any atom is 0.119 e. The first-order chi connectivity index (χ1) is 8.70. The summed E-state index contributed by atoms with van der Waals surface area (Å²) in [5.41, 5.74) is 6.77. The van der Waals surface area contributed by atoms with Crippen LogP contribution in [0.15, 0.2) is 50.9 Å². The molecule has 1 heterocycles. The second kappa shape index (κ2) is 6.57. The van der Waals surface area contributed by atoms with Crippen LogP contribution in [-0.4, -0.2) is 11.5 Å². The van der Waals surface area contributed by atoms with Crippen molar-refractivity contribution in [2.75, 3.05) is 6.54 Å². The van der Waals surface area contributed by atoms with Crippen LogP contribution in [0.25, 0.3) is 0 Å². The van der Waals surface area contributed by atoms with Crippen molar-refractivity contribution in [3.8, 4) is 0 Å². The van der Waals surface area contributed by atoms with E-state index in [1.807, 2.05) is 12.1 Å². The van der Waals surface area contributed by atoms with Crippen molar-refractivity contribution in [3.63, 3.8) is 0 Å². The lowest BCUT2D eigenvalue weighted by Gasteiger charge is -2.06. The number of hydrogen-bond acceptors (Lipinski definition) is 3. The van der Waals surface area contributed by atoms with Gasteiger partial charge in [0.05, 0.1) is 5.02 Å².